The van der Waals surface area contributed by atoms with Gasteiger partial charge in [-0.15, -0.1) is 0 Å². The summed E-state index contributed by atoms with van der Waals surface area (Å²) in [4.78, 5) is 14.6. The normalized spacial score (nSPS) is 22.8. The molecule has 1 aliphatic heterocycles. The summed E-state index contributed by atoms with van der Waals surface area (Å²) in [5.74, 6) is -0.285. The molecule has 3 unspecified atom stereocenters. The average Bonchev–Trinajstić information content (AvgIpc) is 2.71. The zero-order valence-corrected chi connectivity index (χ0v) is 12.1. The van der Waals surface area contributed by atoms with Gasteiger partial charge in [-0.2, -0.15) is 0 Å². The van der Waals surface area contributed by atoms with Crippen molar-refractivity contribution in [2.24, 2.45) is 11.7 Å². The fourth-order valence-electron chi connectivity index (χ4n) is 2.64. The van der Waals surface area contributed by atoms with E-state index in [0.29, 0.717) is 17.8 Å². The van der Waals surface area contributed by atoms with Crippen LogP contribution in [0.5, 0.6) is 0 Å². The lowest BCUT2D eigenvalue weighted by atomic mass is 10.0. The molecule has 18 heavy (non-hydrogen) atoms. The van der Waals surface area contributed by atoms with Crippen molar-refractivity contribution in [2.75, 3.05) is 6.54 Å². The fourth-order valence-corrected chi connectivity index (χ4v) is 2.86. The van der Waals surface area contributed by atoms with Crippen molar-refractivity contribution < 1.29 is 9.90 Å². The molecule has 104 valence electrons. The number of nitrogens with zero attached hydrogens (tertiary/aromatic N) is 1. The van der Waals surface area contributed by atoms with Gasteiger partial charge in [0, 0.05) is 12.6 Å². The van der Waals surface area contributed by atoms with Gasteiger partial charge in [0.1, 0.15) is 0 Å². The highest BCUT2D eigenvalue weighted by molar-refractivity contribution is 7.80. The summed E-state index contributed by atoms with van der Waals surface area (Å²) in [5, 5.41) is 9.48. The number of hydrogen-bond donors (Lipinski definition) is 2. The lowest BCUT2D eigenvalue weighted by Gasteiger charge is -2.29. The van der Waals surface area contributed by atoms with Crippen molar-refractivity contribution in [1.82, 2.24) is 4.90 Å². The Morgan fingerprint density at radius 3 is 2.78 bits per heavy atom. The Hall–Kier alpha value is -0.680. The Labute approximate surface area is 115 Å². The second kappa shape index (κ2) is 7.04. The number of amides is 1. The number of nitrogens with two attached hydrogens (primary N) is 1. The molecule has 3 atom stereocenters. The van der Waals surface area contributed by atoms with Gasteiger partial charge < -0.3 is 15.7 Å². The molecule has 0 aliphatic carbocycles. The molecule has 1 rings (SSSR count). The van der Waals surface area contributed by atoms with Crippen LogP contribution < -0.4 is 5.73 Å². The highest BCUT2D eigenvalue weighted by atomic mass is 32.1. The monoisotopic (exact) mass is 272 g/mol. The summed E-state index contributed by atoms with van der Waals surface area (Å²) < 4.78 is 0. The lowest BCUT2D eigenvalue weighted by molar-refractivity contribution is -0.134. The maximum Gasteiger partial charge on any atom is 0.232 e. The number of carbonyl (C=O) groups is 1. The largest absolute Gasteiger partial charge is 0.393 e. The van der Waals surface area contributed by atoms with Crippen molar-refractivity contribution in [1.29, 1.82) is 0 Å². The van der Waals surface area contributed by atoms with Crippen LogP contribution in [0.3, 0.4) is 0 Å². The Balaban J connectivity index is 2.71. The van der Waals surface area contributed by atoms with Gasteiger partial charge in [0.2, 0.25) is 5.91 Å². The van der Waals surface area contributed by atoms with Gasteiger partial charge in [0.25, 0.3) is 0 Å². The van der Waals surface area contributed by atoms with Crippen molar-refractivity contribution >= 4 is 23.1 Å². The van der Waals surface area contributed by atoms with Gasteiger partial charge in [-0.25, -0.2) is 0 Å². The zero-order valence-electron chi connectivity index (χ0n) is 11.3. The maximum absolute atomic E-state index is 12.4. The van der Waals surface area contributed by atoms with Gasteiger partial charge in [-0.3, -0.25) is 4.79 Å². The topological polar surface area (TPSA) is 66.6 Å². The van der Waals surface area contributed by atoms with Gasteiger partial charge >= 0.3 is 0 Å². The predicted molar refractivity (Wildman–Crippen MR) is 76.2 cm³/mol. The van der Waals surface area contributed by atoms with Gasteiger partial charge in [-0.1, -0.05) is 25.6 Å². The van der Waals surface area contributed by atoms with Crippen LogP contribution >= 0.6 is 12.2 Å². The number of rotatable bonds is 6. The minimum atomic E-state index is -0.377. The predicted octanol–water partition coefficient (Wildman–Crippen LogP) is 1.45. The molecule has 0 aromatic carbocycles. The van der Waals surface area contributed by atoms with Gasteiger partial charge in [-0.05, 0) is 32.6 Å². The molecule has 1 amide bonds. The van der Waals surface area contributed by atoms with E-state index in [2.05, 4.69) is 0 Å². The van der Waals surface area contributed by atoms with Crippen LogP contribution in [-0.2, 0) is 4.79 Å². The summed E-state index contributed by atoms with van der Waals surface area (Å²) in [6.07, 6.45) is 3.83. The molecule has 0 aromatic rings. The first-order valence-corrected chi connectivity index (χ1v) is 7.16. The molecular weight excluding hydrogens is 248 g/mol. The molecule has 1 saturated heterocycles. The van der Waals surface area contributed by atoms with Crippen LogP contribution in [0.15, 0.2) is 0 Å². The first kappa shape index (κ1) is 15.4. The van der Waals surface area contributed by atoms with Gasteiger partial charge in [0.05, 0.1) is 17.0 Å². The first-order chi connectivity index (χ1) is 8.47. The highest BCUT2D eigenvalue weighted by Gasteiger charge is 2.34. The standard InChI is InChI=1S/C13H24N2O2S/c1-3-5-11(12(14)18)13(17)15-7-4-6-10(15)8-9(2)16/h9-11,16H,3-8H2,1-2H3,(H2,14,18). The van der Waals surface area contributed by atoms with Crippen molar-refractivity contribution in [3.63, 3.8) is 0 Å². The average molecular weight is 272 g/mol. The molecule has 0 saturated carbocycles. The number of likely N-dealkylation sites (tertiary alicyclic amines) is 1. The van der Waals surface area contributed by atoms with E-state index >= 15 is 0 Å². The summed E-state index contributed by atoms with van der Waals surface area (Å²) >= 11 is 5.00. The highest BCUT2D eigenvalue weighted by Crippen LogP contribution is 2.24. The molecule has 4 nitrogen and oxygen atoms in total. The fraction of sp³-hybridized carbons (Fsp3) is 0.846. The van der Waals surface area contributed by atoms with Crippen LogP contribution in [0, 0.1) is 5.92 Å². The summed E-state index contributed by atoms with van der Waals surface area (Å²) in [6, 6.07) is 0.145. The summed E-state index contributed by atoms with van der Waals surface area (Å²) in [6.45, 7) is 4.55. The number of thiocarbonyl (C=S) groups is 1. The van der Waals surface area contributed by atoms with E-state index in [1.165, 1.54) is 0 Å². The summed E-state index contributed by atoms with van der Waals surface area (Å²) in [7, 11) is 0. The minimum Gasteiger partial charge on any atom is -0.393 e. The first-order valence-electron chi connectivity index (χ1n) is 6.75. The molecule has 1 heterocycles. The number of aliphatic hydroxyl groups is 1. The minimum absolute atomic E-state index is 0.0486. The zero-order chi connectivity index (χ0) is 13.7. The van der Waals surface area contributed by atoms with Crippen LogP contribution in [0.1, 0.15) is 46.0 Å². The Morgan fingerprint density at radius 1 is 1.61 bits per heavy atom. The third-order valence-corrected chi connectivity index (χ3v) is 3.78. The quantitative estimate of drug-likeness (QED) is 0.718. The van der Waals surface area contributed by atoms with Gasteiger partial charge in [0.15, 0.2) is 0 Å². The molecule has 3 N–H and O–H groups in total. The van der Waals surface area contributed by atoms with Crippen LogP contribution in [0.25, 0.3) is 0 Å². The van der Waals surface area contributed by atoms with E-state index in [1.807, 2.05) is 11.8 Å². The number of hydrogen-bond acceptors (Lipinski definition) is 3. The lowest BCUT2D eigenvalue weighted by Crippen LogP contribution is -2.44. The van der Waals surface area contributed by atoms with Crippen LogP contribution in [-0.4, -0.2) is 39.6 Å². The molecule has 0 bridgehead atoms. The molecule has 0 spiro atoms. The molecule has 0 aromatic heterocycles. The van der Waals surface area contributed by atoms with E-state index < -0.39 is 0 Å². The second-order valence-corrected chi connectivity index (χ2v) is 5.63. The maximum atomic E-state index is 12.4. The molecule has 1 fully saturated rings. The Bertz CT molecular complexity index is 307. The van der Waals surface area contributed by atoms with Crippen LogP contribution in [0.4, 0.5) is 0 Å². The van der Waals surface area contributed by atoms with Crippen LogP contribution in [0.2, 0.25) is 0 Å². The molecule has 0 radical (unpaired) electrons. The third-order valence-electron chi connectivity index (χ3n) is 3.49. The van der Waals surface area contributed by atoms with E-state index in [4.69, 9.17) is 18.0 Å². The van der Waals surface area contributed by atoms with E-state index in [9.17, 15) is 9.90 Å². The van der Waals surface area contributed by atoms with E-state index in [1.54, 1.807) is 6.92 Å². The SMILES string of the molecule is CCCC(C(=O)N1CCCC1CC(C)O)C(N)=S. The molecule has 1 aliphatic rings. The Kier molecular flexibility index (Phi) is 6.02. The number of carbonyl (C=O) groups excluding carboxylic acids is 1. The third kappa shape index (κ3) is 3.92. The van der Waals surface area contributed by atoms with Crippen molar-refractivity contribution in [3.8, 4) is 0 Å². The number of aliphatic hydroxyl groups excluding tert-OH is 1. The molecular formula is C13H24N2O2S. The molecule has 5 heteroatoms. The Morgan fingerprint density at radius 2 is 2.28 bits per heavy atom. The second-order valence-electron chi connectivity index (χ2n) is 5.16. The van der Waals surface area contributed by atoms with Crippen molar-refractivity contribution in [2.45, 2.75) is 58.1 Å². The van der Waals surface area contributed by atoms with Crippen molar-refractivity contribution in [3.05, 3.63) is 0 Å². The smallest absolute Gasteiger partial charge is 0.232 e. The van der Waals surface area contributed by atoms with E-state index in [-0.39, 0.29) is 24.0 Å². The van der Waals surface area contributed by atoms with E-state index in [0.717, 1.165) is 25.8 Å². The summed E-state index contributed by atoms with van der Waals surface area (Å²) in [5.41, 5.74) is 5.67.